The normalized spacial score (nSPS) is 10.0. The molecule has 0 amide bonds. The number of nitrogens with two attached hydrogens (primary N) is 2. The molecule has 0 aromatic heterocycles. The zero-order valence-corrected chi connectivity index (χ0v) is 6.93. The highest BCUT2D eigenvalue weighted by Gasteiger charge is 1.96. The molecule has 0 aliphatic rings. The van der Waals surface area contributed by atoms with E-state index in [0.717, 1.165) is 12.0 Å². The molecule has 0 saturated heterocycles. The van der Waals surface area contributed by atoms with Crippen molar-refractivity contribution in [3.05, 3.63) is 28.8 Å². The van der Waals surface area contributed by atoms with Gasteiger partial charge in [0.15, 0.2) is 0 Å². The van der Waals surface area contributed by atoms with E-state index in [9.17, 15) is 0 Å². The van der Waals surface area contributed by atoms with Crippen molar-refractivity contribution in [3.8, 4) is 0 Å². The van der Waals surface area contributed by atoms with Crippen molar-refractivity contribution in [1.29, 1.82) is 0 Å². The van der Waals surface area contributed by atoms with E-state index in [1.807, 2.05) is 12.1 Å². The molecule has 0 radical (unpaired) electrons. The van der Waals surface area contributed by atoms with E-state index in [1.54, 1.807) is 6.07 Å². The standard InChI is InChI=1S/C8H11ClN2/c9-7-2-1-6(3-4-10)5-8(7)11/h1-2,5H,3-4,10-11H2. The molecule has 1 rings (SSSR count). The number of anilines is 1. The summed E-state index contributed by atoms with van der Waals surface area (Å²) in [6, 6.07) is 5.59. The highest BCUT2D eigenvalue weighted by molar-refractivity contribution is 6.33. The van der Waals surface area contributed by atoms with Gasteiger partial charge in [-0.15, -0.1) is 0 Å². The average molecular weight is 171 g/mol. The first-order valence-corrected chi connectivity index (χ1v) is 3.86. The van der Waals surface area contributed by atoms with Gasteiger partial charge in [-0.1, -0.05) is 17.7 Å². The largest absolute Gasteiger partial charge is 0.398 e. The second-order valence-corrected chi connectivity index (χ2v) is 2.80. The van der Waals surface area contributed by atoms with Gasteiger partial charge >= 0.3 is 0 Å². The molecular formula is C8H11ClN2. The third-order valence-corrected chi connectivity index (χ3v) is 1.84. The van der Waals surface area contributed by atoms with Gasteiger partial charge in [-0.25, -0.2) is 0 Å². The Kier molecular flexibility index (Phi) is 2.74. The Hall–Kier alpha value is -0.730. The van der Waals surface area contributed by atoms with E-state index in [4.69, 9.17) is 23.1 Å². The predicted molar refractivity (Wildman–Crippen MR) is 48.6 cm³/mol. The van der Waals surface area contributed by atoms with Crippen molar-refractivity contribution in [2.24, 2.45) is 5.73 Å². The molecule has 0 atom stereocenters. The van der Waals surface area contributed by atoms with Gasteiger partial charge in [0.25, 0.3) is 0 Å². The quantitative estimate of drug-likeness (QED) is 0.660. The zero-order chi connectivity index (χ0) is 8.27. The summed E-state index contributed by atoms with van der Waals surface area (Å²) in [6.07, 6.45) is 0.849. The number of nitrogen functional groups attached to an aromatic ring is 1. The summed E-state index contributed by atoms with van der Waals surface area (Å²) in [5.74, 6) is 0. The lowest BCUT2D eigenvalue weighted by molar-refractivity contribution is 0.969. The third kappa shape index (κ3) is 2.10. The molecule has 0 heterocycles. The van der Waals surface area contributed by atoms with Gasteiger partial charge in [0.2, 0.25) is 0 Å². The summed E-state index contributed by atoms with van der Waals surface area (Å²) in [6.45, 7) is 0.640. The Labute approximate surface area is 71.1 Å². The molecule has 1 aromatic rings. The fraction of sp³-hybridized carbons (Fsp3) is 0.250. The predicted octanol–water partition coefficient (Wildman–Crippen LogP) is 1.42. The molecule has 3 heteroatoms. The summed E-state index contributed by atoms with van der Waals surface area (Å²) in [5, 5.41) is 0.603. The highest BCUT2D eigenvalue weighted by Crippen LogP contribution is 2.19. The van der Waals surface area contributed by atoms with Crippen LogP contribution in [0.25, 0.3) is 0 Å². The van der Waals surface area contributed by atoms with Gasteiger partial charge < -0.3 is 11.5 Å². The van der Waals surface area contributed by atoms with Gasteiger partial charge in [-0.3, -0.25) is 0 Å². The summed E-state index contributed by atoms with van der Waals surface area (Å²) >= 11 is 5.72. The molecule has 1 aromatic carbocycles. The number of hydrogen-bond donors (Lipinski definition) is 2. The molecule has 60 valence electrons. The molecule has 2 nitrogen and oxygen atoms in total. The monoisotopic (exact) mass is 170 g/mol. The van der Waals surface area contributed by atoms with Crippen LogP contribution in [0, 0.1) is 0 Å². The molecule has 0 bridgehead atoms. The van der Waals surface area contributed by atoms with E-state index in [0.29, 0.717) is 17.3 Å². The molecule has 0 spiro atoms. The Morgan fingerprint density at radius 2 is 2.09 bits per heavy atom. The van der Waals surface area contributed by atoms with E-state index >= 15 is 0 Å². The molecule has 0 aliphatic heterocycles. The molecular weight excluding hydrogens is 160 g/mol. The Balaban J connectivity index is 2.86. The Morgan fingerprint density at radius 1 is 1.36 bits per heavy atom. The topological polar surface area (TPSA) is 52.0 Å². The summed E-state index contributed by atoms with van der Waals surface area (Å²) < 4.78 is 0. The van der Waals surface area contributed by atoms with Crippen LogP contribution in [0.2, 0.25) is 5.02 Å². The highest BCUT2D eigenvalue weighted by atomic mass is 35.5. The smallest absolute Gasteiger partial charge is 0.0635 e. The van der Waals surface area contributed by atoms with E-state index in [1.165, 1.54) is 0 Å². The van der Waals surface area contributed by atoms with Gasteiger partial charge in [-0.2, -0.15) is 0 Å². The minimum atomic E-state index is 0.603. The van der Waals surface area contributed by atoms with Gasteiger partial charge in [0.1, 0.15) is 0 Å². The summed E-state index contributed by atoms with van der Waals surface area (Å²) in [4.78, 5) is 0. The maximum atomic E-state index is 5.72. The average Bonchev–Trinajstić information content (AvgIpc) is 1.98. The van der Waals surface area contributed by atoms with Crippen LogP contribution in [-0.4, -0.2) is 6.54 Å². The Morgan fingerprint density at radius 3 is 2.64 bits per heavy atom. The van der Waals surface area contributed by atoms with Gasteiger partial charge in [0, 0.05) is 0 Å². The lowest BCUT2D eigenvalue weighted by Gasteiger charge is -2.01. The van der Waals surface area contributed by atoms with E-state index in [-0.39, 0.29) is 0 Å². The van der Waals surface area contributed by atoms with E-state index < -0.39 is 0 Å². The van der Waals surface area contributed by atoms with Crippen LogP contribution < -0.4 is 11.5 Å². The van der Waals surface area contributed by atoms with Crippen molar-refractivity contribution in [2.75, 3.05) is 12.3 Å². The SMILES string of the molecule is NCCc1ccc(Cl)c(N)c1. The van der Waals surface area contributed by atoms with Crippen LogP contribution in [0.3, 0.4) is 0 Å². The minimum absolute atomic E-state index is 0.603. The van der Waals surface area contributed by atoms with Crippen molar-refractivity contribution in [2.45, 2.75) is 6.42 Å². The van der Waals surface area contributed by atoms with Gasteiger partial charge in [-0.05, 0) is 30.7 Å². The third-order valence-electron chi connectivity index (χ3n) is 1.49. The second-order valence-electron chi connectivity index (χ2n) is 2.39. The fourth-order valence-corrected chi connectivity index (χ4v) is 1.03. The van der Waals surface area contributed by atoms with Crippen LogP contribution in [0.5, 0.6) is 0 Å². The molecule has 0 fully saturated rings. The van der Waals surface area contributed by atoms with Crippen LogP contribution >= 0.6 is 11.6 Å². The number of hydrogen-bond acceptors (Lipinski definition) is 2. The first kappa shape index (κ1) is 8.37. The maximum Gasteiger partial charge on any atom is 0.0635 e. The Bertz CT molecular complexity index is 248. The second kappa shape index (κ2) is 3.60. The number of rotatable bonds is 2. The van der Waals surface area contributed by atoms with Crippen LogP contribution in [0.4, 0.5) is 5.69 Å². The van der Waals surface area contributed by atoms with E-state index in [2.05, 4.69) is 0 Å². The number of halogens is 1. The van der Waals surface area contributed by atoms with Crippen LogP contribution in [0.1, 0.15) is 5.56 Å². The molecule has 4 N–H and O–H groups in total. The van der Waals surface area contributed by atoms with Crippen molar-refractivity contribution < 1.29 is 0 Å². The molecule has 0 unspecified atom stereocenters. The lowest BCUT2D eigenvalue weighted by Crippen LogP contribution is -2.02. The van der Waals surface area contributed by atoms with Gasteiger partial charge in [0.05, 0.1) is 10.7 Å². The summed E-state index contributed by atoms with van der Waals surface area (Å²) in [5.41, 5.74) is 12.7. The van der Waals surface area contributed by atoms with Crippen molar-refractivity contribution in [1.82, 2.24) is 0 Å². The molecule has 11 heavy (non-hydrogen) atoms. The number of benzene rings is 1. The molecule has 0 aliphatic carbocycles. The van der Waals surface area contributed by atoms with Crippen molar-refractivity contribution >= 4 is 17.3 Å². The van der Waals surface area contributed by atoms with Crippen molar-refractivity contribution in [3.63, 3.8) is 0 Å². The fourth-order valence-electron chi connectivity index (χ4n) is 0.915. The zero-order valence-electron chi connectivity index (χ0n) is 6.18. The van der Waals surface area contributed by atoms with Crippen LogP contribution in [-0.2, 0) is 6.42 Å². The van der Waals surface area contributed by atoms with Crippen LogP contribution in [0.15, 0.2) is 18.2 Å². The summed E-state index contributed by atoms with van der Waals surface area (Å²) in [7, 11) is 0. The molecule has 0 saturated carbocycles. The first-order chi connectivity index (χ1) is 5.24. The first-order valence-electron chi connectivity index (χ1n) is 3.48. The minimum Gasteiger partial charge on any atom is -0.398 e. The lowest BCUT2D eigenvalue weighted by atomic mass is 10.1. The maximum absolute atomic E-state index is 5.72.